The molecule has 2 saturated heterocycles. The molecular formula is C44H61FN10O7. The average Bonchev–Trinajstić information content (AvgIpc) is 3.88. The highest BCUT2D eigenvalue weighted by molar-refractivity contribution is 5.95. The van der Waals surface area contributed by atoms with Crippen LogP contribution in [-0.2, 0) is 32.2 Å². The molecule has 3 aromatic rings. The van der Waals surface area contributed by atoms with Crippen molar-refractivity contribution in [3.05, 3.63) is 89.5 Å². The lowest BCUT2D eigenvalue weighted by atomic mass is 9.89. The summed E-state index contributed by atoms with van der Waals surface area (Å²) in [6, 6.07) is 13.8. The number of ether oxygens (including phenoxy) is 2. The summed E-state index contributed by atoms with van der Waals surface area (Å²) in [5.41, 5.74) is 9.07. The number of alkyl carbamates (subject to hydrolysis) is 1. The Kier molecular flexibility index (Phi) is 18.1. The monoisotopic (exact) mass is 860 g/mol. The zero-order valence-corrected chi connectivity index (χ0v) is 35.7. The molecule has 62 heavy (non-hydrogen) atoms. The van der Waals surface area contributed by atoms with E-state index in [4.69, 9.17) is 20.2 Å². The topological polar surface area (TPSA) is 223 Å². The summed E-state index contributed by atoms with van der Waals surface area (Å²) in [6.45, 7) is 8.44. The molecule has 7 amide bonds. The van der Waals surface area contributed by atoms with Gasteiger partial charge >= 0.3 is 18.2 Å². The molecule has 1 aromatic heterocycles. The molecule has 0 spiro atoms. The number of nitrogens with two attached hydrogens (primary N) is 1. The minimum atomic E-state index is -1.12. The number of nitrogens with one attached hydrogen (secondary N) is 6. The molecule has 18 heteroatoms. The van der Waals surface area contributed by atoms with Crippen LogP contribution in [-0.4, -0.2) is 109 Å². The van der Waals surface area contributed by atoms with Crippen molar-refractivity contribution in [2.45, 2.75) is 83.9 Å². The number of primary amides is 1. The van der Waals surface area contributed by atoms with Gasteiger partial charge in [-0.15, -0.1) is 0 Å². The molecule has 336 valence electrons. The zero-order chi connectivity index (χ0) is 44.4. The molecule has 0 saturated carbocycles. The van der Waals surface area contributed by atoms with E-state index in [-0.39, 0.29) is 51.2 Å². The van der Waals surface area contributed by atoms with Crippen LogP contribution in [0.4, 0.5) is 24.5 Å². The van der Waals surface area contributed by atoms with E-state index in [9.17, 15) is 24.0 Å². The van der Waals surface area contributed by atoms with Gasteiger partial charge in [-0.05, 0) is 81.2 Å². The number of alkyl halides is 1. The third-order valence-electron chi connectivity index (χ3n) is 11.2. The number of halogens is 1. The number of nitrogens with zero attached hydrogens (tertiary/aromatic N) is 3. The Hall–Kier alpha value is -6.01. The first-order valence-corrected chi connectivity index (χ1v) is 21.2. The van der Waals surface area contributed by atoms with Gasteiger partial charge in [0.2, 0.25) is 12.3 Å². The summed E-state index contributed by atoms with van der Waals surface area (Å²) >= 11 is 0. The van der Waals surface area contributed by atoms with Gasteiger partial charge in [0.1, 0.15) is 24.6 Å². The van der Waals surface area contributed by atoms with Gasteiger partial charge in [-0.1, -0.05) is 48.5 Å². The van der Waals surface area contributed by atoms with Gasteiger partial charge in [-0.25, -0.2) is 23.8 Å². The SMILES string of the molecule is C/C=C(\C)c1cn(Cc2ccccc2)c(C(C2CCOCC2)N(CC2CNCC2F)C(=O)NC(C)CNC(=O)OCc2ccc(NC(=O)[C@H](CCCNC(N)=O)NC=O)cc2)n1. The Morgan fingerprint density at radius 2 is 1.81 bits per heavy atom. The van der Waals surface area contributed by atoms with Gasteiger partial charge in [0.25, 0.3) is 0 Å². The van der Waals surface area contributed by atoms with E-state index >= 15 is 4.39 Å². The molecule has 5 rings (SSSR count). The molecule has 2 aromatic carbocycles. The quantitative estimate of drug-likeness (QED) is 0.0602. The minimum absolute atomic E-state index is 0.00823. The van der Waals surface area contributed by atoms with E-state index < -0.39 is 48.2 Å². The van der Waals surface area contributed by atoms with Crippen molar-refractivity contribution in [3.8, 4) is 0 Å². The van der Waals surface area contributed by atoms with E-state index in [0.717, 1.165) is 22.7 Å². The number of amides is 7. The molecule has 0 aliphatic carbocycles. The number of imidazole rings is 1. The number of aromatic nitrogens is 2. The number of hydrogen-bond acceptors (Lipinski definition) is 9. The fourth-order valence-electron chi connectivity index (χ4n) is 7.59. The van der Waals surface area contributed by atoms with Crippen LogP contribution in [0.3, 0.4) is 0 Å². The largest absolute Gasteiger partial charge is 0.445 e. The van der Waals surface area contributed by atoms with Crippen LogP contribution in [0, 0.1) is 11.8 Å². The fourth-order valence-corrected chi connectivity index (χ4v) is 7.59. The Morgan fingerprint density at radius 1 is 1.06 bits per heavy atom. The van der Waals surface area contributed by atoms with Crippen LogP contribution < -0.4 is 37.6 Å². The maximum atomic E-state index is 15.3. The summed E-state index contributed by atoms with van der Waals surface area (Å²) in [4.78, 5) is 69.0. The Morgan fingerprint density at radius 3 is 2.47 bits per heavy atom. The van der Waals surface area contributed by atoms with Crippen LogP contribution in [0.25, 0.3) is 5.57 Å². The van der Waals surface area contributed by atoms with Crippen molar-refractivity contribution in [3.63, 3.8) is 0 Å². The van der Waals surface area contributed by atoms with E-state index in [1.165, 1.54) is 0 Å². The number of anilines is 1. The van der Waals surface area contributed by atoms with Crippen molar-refractivity contribution in [1.29, 1.82) is 0 Å². The first-order chi connectivity index (χ1) is 29.9. The second-order valence-electron chi connectivity index (χ2n) is 15.8. The summed E-state index contributed by atoms with van der Waals surface area (Å²) in [5.74, 6) is -0.145. The molecule has 0 radical (unpaired) electrons. The smallest absolute Gasteiger partial charge is 0.407 e. The number of urea groups is 2. The number of benzene rings is 2. The molecular weight excluding hydrogens is 800 g/mol. The minimum Gasteiger partial charge on any atom is -0.445 e. The molecule has 3 heterocycles. The summed E-state index contributed by atoms with van der Waals surface area (Å²) in [6.07, 6.45) is 4.75. The van der Waals surface area contributed by atoms with Gasteiger partial charge < -0.3 is 56.6 Å². The van der Waals surface area contributed by atoms with Gasteiger partial charge in [0.15, 0.2) is 0 Å². The molecule has 0 bridgehead atoms. The normalized spacial score (nSPS) is 18.2. The van der Waals surface area contributed by atoms with Crippen LogP contribution in [0.1, 0.15) is 75.1 Å². The van der Waals surface area contributed by atoms with E-state index in [1.807, 2.05) is 44.3 Å². The molecule has 2 aliphatic rings. The van der Waals surface area contributed by atoms with Crippen molar-refractivity contribution in [2.24, 2.45) is 17.6 Å². The second-order valence-corrected chi connectivity index (χ2v) is 15.8. The first-order valence-electron chi connectivity index (χ1n) is 21.2. The van der Waals surface area contributed by atoms with E-state index in [0.29, 0.717) is 63.2 Å². The highest BCUT2D eigenvalue weighted by Gasteiger charge is 2.40. The number of allylic oxidation sites excluding steroid dienone is 2. The maximum Gasteiger partial charge on any atom is 0.407 e. The lowest BCUT2D eigenvalue weighted by Gasteiger charge is -2.40. The summed E-state index contributed by atoms with van der Waals surface area (Å²) in [5, 5.41) is 16.6. The first kappa shape index (κ1) is 47.0. The number of hydrogen-bond donors (Lipinski definition) is 7. The summed E-state index contributed by atoms with van der Waals surface area (Å²) < 4.78 is 28.6. The molecule has 2 fully saturated rings. The maximum absolute atomic E-state index is 15.3. The predicted octanol–water partition coefficient (Wildman–Crippen LogP) is 4.21. The third kappa shape index (κ3) is 14.0. The molecule has 17 nitrogen and oxygen atoms in total. The van der Waals surface area contributed by atoms with Crippen LogP contribution in [0.15, 0.2) is 66.9 Å². The number of carbonyl (C=O) groups excluding carboxylic acids is 5. The Balaban J connectivity index is 1.23. The second kappa shape index (κ2) is 23.8. The lowest BCUT2D eigenvalue weighted by Crippen LogP contribution is -2.52. The standard InChI is InChI=1S/C44H61FN10O7/c1-4-29(2)38-26-54(24-31-9-6-5-7-10-31)40(53-38)39(33-16-19-61-20-17-33)55(25-34-22-47-23-36(34)45)43(59)51-30(3)21-49-44(60)62-27-32-12-14-35(15-13-32)52-41(57)37(50-28-56)11-8-18-48-42(46)58/h4-7,9-10,12-15,26,28,30,33-34,36-37,39,47H,8,11,16-25,27H2,1-3H3,(H,49,60)(H,50,56)(H,51,59)(H,52,57)(H3,46,48,58)/b29-4+/t30?,34?,36?,37-,39?/m0/s1. The van der Waals surface area contributed by atoms with Gasteiger partial charge in [-0.3, -0.25) is 9.59 Å². The van der Waals surface area contributed by atoms with Crippen molar-refractivity contribution in [1.82, 2.24) is 41.0 Å². The number of carbonyl (C=O) groups is 5. The highest BCUT2D eigenvalue weighted by atomic mass is 19.1. The van der Waals surface area contributed by atoms with Crippen molar-refractivity contribution >= 4 is 41.7 Å². The fraction of sp³-hybridized carbons (Fsp3) is 0.500. The molecule has 5 atom stereocenters. The van der Waals surface area contributed by atoms with E-state index in [2.05, 4.69) is 48.6 Å². The summed E-state index contributed by atoms with van der Waals surface area (Å²) in [7, 11) is 0. The van der Waals surface area contributed by atoms with Crippen molar-refractivity contribution < 1.29 is 37.8 Å². The lowest BCUT2D eigenvalue weighted by molar-refractivity contribution is -0.121. The zero-order valence-electron chi connectivity index (χ0n) is 35.7. The third-order valence-corrected chi connectivity index (χ3v) is 11.2. The highest BCUT2D eigenvalue weighted by Crippen LogP contribution is 2.37. The van der Waals surface area contributed by atoms with E-state index in [1.54, 1.807) is 36.1 Å². The van der Waals surface area contributed by atoms with Crippen LogP contribution in [0.5, 0.6) is 0 Å². The molecule has 4 unspecified atom stereocenters. The van der Waals surface area contributed by atoms with Crippen LogP contribution in [0.2, 0.25) is 0 Å². The molecule has 8 N–H and O–H groups in total. The number of rotatable bonds is 21. The molecule has 2 aliphatic heterocycles. The van der Waals surface area contributed by atoms with Gasteiger partial charge in [0.05, 0.1) is 11.7 Å². The average molecular weight is 861 g/mol. The Bertz CT molecular complexity index is 1960. The van der Waals surface area contributed by atoms with Gasteiger partial charge in [0, 0.05) is 76.3 Å². The Labute approximate surface area is 362 Å². The van der Waals surface area contributed by atoms with Crippen molar-refractivity contribution in [2.75, 3.05) is 51.3 Å². The van der Waals surface area contributed by atoms with Gasteiger partial charge in [-0.2, -0.15) is 0 Å². The predicted molar refractivity (Wildman–Crippen MR) is 232 cm³/mol. The van der Waals surface area contributed by atoms with Crippen LogP contribution >= 0.6 is 0 Å².